The number of methoxy groups -OCH3 is 1. The molecule has 0 saturated heterocycles. The Morgan fingerprint density at radius 1 is 0.696 bits per heavy atom. The minimum absolute atomic E-state index is 0.880. The summed E-state index contributed by atoms with van der Waals surface area (Å²) >= 11 is 0. The van der Waals surface area contributed by atoms with Crippen molar-refractivity contribution in [1.82, 2.24) is 0 Å². The van der Waals surface area contributed by atoms with Gasteiger partial charge in [-0.25, -0.2) is 0 Å². The van der Waals surface area contributed by atoms with Gasteiger partial charge in [0.25, 0.3) is 0 Å². The fourth-order valence-corrected chi connectivity index (χ4v) is 3.29. The van der Waals surface area contributed by atoms with E-state index in [0.29, 0.717) is 0 Å². The van der Waals surface area contributed by atoms with Crippen molar-refractivity contribution in [2.45, 2.75) is 12.8 Å². The standard InChI is InChI=1S/C21H19NO/c1-23-19-14-12-18(13-15-19)22-20-8-4-2-6-16(20)10-11-17-7-3-5-9-21(17)22/h2-9,12-15H,10-11H2,1H3. The lowest BCUT2D eigenvalue weighted by molar-refractivity contribution is 0.415. The van der Waals surface area contributed by atoms with Gasteiger partial charge < -0.3 is 9.64 Å². The van der Waals surface area contributed by atoms with Crippen molar-refractivity contribution >= 4 is 17.1 Å². The summed E-state index contributed by atoms with van der Waals surface area (Å²) < 4.78 is 5.30. The van der Waals surface area contributed by atoms with Gasteiger partial charge in [-0.3, -0.25) is 0 Å². The number of nitrogens with zero attached hydrogens (tertiary/aromatic N) is 1. The average Bonchev–Trinajstić information content (AvgIpc) is 2.79. The molecular weight excluding hydrogens is 282 g/mol. The molecule has 3 aromatic rings. The summed E-state index contributed by atoms with van der Waals surface area (Å²) in [6, 6.07) is 25.7. The maximum atomic E-state index is 5.30. The van der Waals surface area contributed by atoms with Crippen LogP contribution in [0.15, 0.2) is 72.8 Å². The molecule has 0 radical (unpaired) electrons. The molecule has 0 aliphatic carbocycles. The maximum absolute atomic E-state index is 5.30. The summed E-state index contributed by atoms with van der Waals surface area (Å²) in [6.07, 6.45) is 2.14. The highest BCUT2D eigenvalue weighted by Crippen LogP contribution is 2.41. The van der Waals surface area contributed by atoms with Crippen LogP contribution in [-0.2, 0) is 12.8 Å². The van der Waals surface area contributed by atoms with E-state index in [1.807, 2.05) is 12.1 Å². The Balaban J connectivity index is 1.92. The molecule has 0 unspecified atom stereocenters. The van der Waals surface area contributed by atoms with Gasteiger partial charge in [0.05, 0.1) is 7.11 Å². The third-order valence-corrected chi connectivity index (χ3v) is 4.46. The zero-order valence-corrected chi connectivity index (χ0v) is 13.2. The number of rotatable bonds is 2. The van der Waals surface area contributed by atoms with Crippen LogP contribution < -0.4 is 9.64 Å². The third-order valence-electron chi connectivity index (χ3n) is 4.46. The van der Waals surface area contributed by atoms with Crippen LogP contribution in [0.2, 0.25) is 0 Å². The van der Waals surface area contributed by atoms with E-state index in [1.54, 1.807) is 7.11 Å². The van der Waals surface area contributed by atoms with Gasteiger partial charge in [-0.2, -0.15) is 0 Å². The number of aryl methyl sites for hydroxylation is 2. The topological polar surface area (TPSA) is 12.5 Å². The number of ether oxygens (including phenoxy) is 1. The molecule has 0 saturated carbocycles. The van der Waals surface area contributed by atoms with Crippen molar-refractivity contribution in [3.05, 3.63) is 83.9 Å². The molecule has 0 atom stereocenters. The summed E-state index contributed by atoms with van der Waals surface area (Å²) in [6.45, 7) is 0. The highest BCUT2D eigenvalue weighted by atomic mass is 16.5. The fraction of sp³-hybridized carbons (Fsp3) is 0.143. The normalized spacial score (nSPS) is 13.0. The van der Waals surface area contributed by atoms with Gasteiger partial charge in [-0.1, -0.05) is 36.4 Å². The number of para-hydroxylation sites is 2. The first-order valence-corrected chi connectivity index (χ1v) is 7.97. The first-order chi connectivity index (χ1) is 11.4. The van der Waals surface area contributed by atoms with Crippen molar-refractivity contribution < 1.29 is 4.74 Å². The fourth-order valence-electron chi connectivity index (χ4n) is 3.29. The Hall–Kier alpha value is -2.74. The van der Waals surface area contributed by atoms with Crippen LogP contribution >= 0.6 is 0 Å². The lowest BCUT2D eigenvalue weighted by atomic mass is 10.0. The molecular formula is C21H19NO. The molecule has 114 valence electrons. The lowest BCUT2D eigenvalue weighted by Crippen LogP contribution is -2.11. The van der Waals surface area contributed by atoms with E-state index in [1.165, 1.54) is 22.5 Å². The summed E-state index contributed by atoms with van der Waals surface area (Å²) in [5, 5.41) is 0. The summed E-state index contributed by atoms with van der Waals surface area (Å²) in [5.41, 5.74) is 6.47. The van der Waals surface area contributed by atoms with Gasteiger partial charge in [-0.05, 0) is 60.4 Å². The largest absolute Gasteiger partial charge is 0.497 e. The monoisotopic (exact) mass is 301 g/mol. The Morgan fingerprint density at radius 3 is 1.74 bits per heavy atom. The van der Waals surface area contributed by atoms with Gasteiger partial charge >= 0.3 is 0 Å². The summed E-state index contributed by atoms with van der Waals surface area (Å²) in [4.78, 5) is 2.36. The number of hydrogen-bond donors (Lipinski definition) is 0. The molecule has 0 aromatic heterocycles. The Kier molecular flexibility index (Phi) is 3.51. The molecule has 23 heavy (non-hydrogen) atoms. The van der Waals surface area contributed by atoms with Gasteiger partial charge in [0.15, 0.2) is 0 Å². The molecule has 0 spiro atoms. The second-order valence-corrected chi connectivity index (χ2v) is 5.79. The predicted octanol–water partition coefficient (Wildman–Crippen LogP) is 5.26. The van der Waals surface area contributed by atoms with E-state index >= 15 is 0 Å². The highest BCUT2D eigenvalue weighted by molar-refractivity contribution is 5.81. The quantitative estimate of drug-likeness (QED) is 0.640. The van der Waals surface area contributed by atoms with E-state index in [0.717, 1.165) is 24.3 Å². The van der Waals surface area contributed by atoms with Gasteiger partial charge in [0, 0.05) is 17.1 Å². The Morgan fingerprint density at radius 2 is 1.22 bits per heavy atom. The minimum atomic E-state index is 0.880. The van der Waals surface area contributed by atoms with Crippen molar-refractivity contribution in [3.63, 3.8) is 0 Å². The molecule has 0 fully saturated rings. The minimum Gasteiger partial charge on any atom is -0.497 e. The Labute approximate surface area is 137 Å². The first kappa shape index (κ1) is 13.9. The van der Waals surface area contributed by atoms with Crippen LogP contribution in [0.1, 0.15) is 11.1 Å². The number of fused-ring (bicyclic) bond motifs is 2. The molecule has 3 aromatic carbocycles. The average molecular weight is 301 g/mol. The van der Waals surface area contributed by atoms with Crippen molar-refractivity contribution in [3.8, 4) is 5.75 Å². The van der Waals surface area contributed by atoms with Crippen molar-refractivity contribution in [1.29, 1.82) is 0 Å². The van der Waals surface area contributed by atoms with Gasteiger partial charge in [0.1, 0.15) is 5.75 Å². The number of hydrogen-bond acceptors (Lipinski definition) is 2. The van der Waals surface area contributed by atoms with E-state index in [-0.39, 0.29) is 0 Å². The summed E-state index contributed by atoms with van der Waals surface area (Å²) in [7, 11) is 1.70. The lowest BCUT2D eigenvalue weighted by Gasteiger charge is -2.27. The highest BCUT2D eigenvalue weighted by Gasteiger charge is 2.21. The van der Waals surface area contributed by atoms with Crippen LogP contribution in [0, 0.1) is 0 Å². The maximum Gasteiger partial charge on any atom is 0.119 e. The summed E-state index contributed by atoms with van der Waals surface area (Å²) in [5.74, 6) is 0.880. The predicted molar refractivity (Wildman–Crippen MR) is 95.1 cm³/mol. The second kappa shape index (κ2) is 5.81. The van der Waals surface area contributed by atoms with Crippen LogP contribution in [0.5, 0.6) is 5.75 Å². The SMILES string of the molecule is COc1ccc(N2c3ccccc3CCc3ccccc32)cc1. The van der Waals surface area contributed by atoms with Crippen LogP contribution in [-0.4, -0.2) is 7.11 Å². The van der Waals surface area contributed by atoms with E-state index < -0.39 is 0 Å². The molecule has 1 heterocycles. The molecule has 0 N–H and O–H groups in total. The Bertz CT molecular complexity index is 776. The second-order valence-electron chi connectivity index (χ2n) is 5.79. The van der Waals surface area contributed by atoms with Crippen molar-refractivity contribution in [2.75, 3.05) is 12.0 Å². The molecule has 1 aliphatic heterocycles. The number of benzene rings is 3. The molecule has 0 amide bonds. The molecule has 4 rings (SSSR count). The van der Waals surface area contributed by atoms with Crippen LogP contribution in [0.3, 0.4) is 0 Å². The zero-order chi connectivity index (χ0) is 15.6. The molecule has 1 aliphatic rings. The third kappa shape index (κ3) is 2.46. The molecule has 2 nitrogen and oxygen atoms in total. The van der Waals surface area contributed by atoms with E-state index in [4.69, 9.17) is 4.74 Å². The smallest absolute Gasteiger partial charge is 0.119 e. The van der Waals surface area contributed by atoms with Gasteiger partial charge in [-0.15, -0.1) is 0 Å². The van der Waals surface area contributed by atoms with Crippen molar-refractivity contribution in [2.24, 2.45) is 0 Å². The number of anilines is 3. The molecule has 2 heteroatoms. The van der Waals surface area contributed by atoms with Crippen LogP contribution in [0.4, 0.5) is 17.1 Å². The van der Waals surface area contributed by atoms with E-state index in [9.17, 15) is 0 Å². The van der Waals surface area contributed by atoms with E-state index in [2.05, 4.69) is 65.6 Å². The molecule has 0 bridgehead atoms. The van der Waals surface area contributed by atoms with Crippen LogP contribution in [0.25, 0.3) is 0 Å². The first-order valence-electron chi connectivity index (χ1n) is 7.97. The van der Waals surface area contributed by atoms with Gasteiger partial charge in [0.2, 0.25) is 0 Å². The zero-order valence-electron chi connectivity index (χ0n) is 13.2.